The van der Waals surface area contributed by atoms with Gasteiger partial charge in [0.25, 0.3) is 0 Å². The fourth-order valence-corrected chi connectivity index (χ4v) is 3.69. The van der Waals surface area contributed by atoms with Crippen LogP contribution in [0.1, 0.15) is 42.3 Å². The maximum atomic E-state index is 9.75. The molecule has 1 aromatic carbocycles. The van der Waals surface area contributed by atoms with E-state index in [1.807, 2.05) is 13.0 Å². The van der Waals surface area contributed by atoms with Crippen molar-refractivity contribution >= 4 is 0 Å². The van der Waals surface area contributed by atoms with Crippen LogP contribution in [0.4, 0.5) is 0 Å². The predicted octanol–water partition coefficient (Wildman–Crippen LogP) is 3.14. The highest BCUT2D eigenvalue weighted by molar-refractivity contribution is 5.26. The summed E-state index contributed by atoms with van der Waals surface area (Å²) in [4.78, 5) is 2.50. The van der Waals surface area contributed by atoms with Crippen molar-refractivity contribution in [2.24, 2.45) is 5.92 Å². The van der Waals surface area contributed by atoms with E-state index in [-0.39, 0.29) is 6.10 Å². The van der Waals surface area contributed by atoms with Gasteiger partial charge in [0.1, 0.15) is 0 Å². The van der Waals surface area contributed by atoms with E-state index < -0.39 is 0 Å². The Morgan fingerprint density at radius 3 is 2.42 bits per heavy atom. The molecule has 3 rings (SSSR count). The molecule has 1 aliphatic rings. The molecule has 2 aromatic rings. The van der Waals surface area contributed by atoms with Gasteiger partial charge in [-0.05, 0) is 58.2 Å². The maximum Gasteiger partial charge on any atom is 0.0662 e. The molecule has 2 heterocycles. The quantitative estimate of drug-likeness (QED) is 0.917. The number of aliphatic hydroxyl groups is 1. The second-order valence-electron chi connectivity index (χ2n) is 7.15. The minimum Gasteiger partial charge on any atom is -0.393 e. The van der Waals surface area contributed by atoms with E-state index in [2.05, 4.69) is 47.7 Å². The lowest BCUT2D eigenvalue weighted by Gasteiger charge is -2.33. The number of hydrogen-bond donors (Lipinski definition) is 1. The van der Waals surface area contributed by atoms with Crippen LogP contribution in [-0.4, -0.2) is 39.0 Å². The lowest BCUT2D eigenvalue weighted by atomic mass is 9.92. The minimum absolute atomic E-state index is 0.177. The van der Waals surface area contributed by atoms with Gasteiger partial charge in [-0.2, -0.15) is 5.10 Å². The molecular weight excluding hydrogens is 298 g/mol. The molecular formula is C20H29N3O. The van der Waals surface area contributed by atoms with Crippen molar-refractivity contribution in [2.75, 3.05) is 13.1 Å². The molecule has 1 unspecified atom stereocenters. The van der Waals surface area contributed by atoms with Crippen LogP contribution in [0, 0.1) is 19.8 Å². The van der Waals surface area contributed by atoms with Crippen molar-refractivity contribution in [2.45, 2.75) is 52.8 Å². The Balaban J connectivity index is 1.66. The maximum absolute atomic E-state index is 9.75. The van der Waals surface area contributed by atoms with E-state index in [1.54, 1.807) is 0 Å². The highest BCUT2D eigenvalue weighted by Crippen LogP contribution is 2.24. The zero-order chi connectivity index (χ0) is 17.1. The van der Waals surface area contributed by atoms with Crippen LogP contribution < -0.4 is 0 Å². The molecule has 0 bridgehead atoms. The van der Waals surface area contributed by atoms with Crippen molar-refractivity contribution in [1.82, 2.24) is 14.7 Å². The average Bonchev–Trinajstić information content (AvgIpc) is 2.84. The van der Waals surface area contributed by atoms with Crippen LogP contribution in [0.25, 0.3) is 0 Å². The predicted molar refractivity (Wildman–Crippen MR) is 96.9 cm³/mol. The third-order valence-electron chi connectivity index (χ3n) is 5.40. The number of aromatic nitrogens is 2. The highest BCUT2D eigenvalue weighted by Gasteiger charge is 2.24. The van der Waals surface area contributed by atoms with E-state index in [4.69, 9.17) is 5.10 Å². The van der Waals surface area contributed by atoms with E-state index in [0.29, 0.717) is 5.92 Å². The standard InChI is InChI=1S/C20H29N3O/c1-15-20(14-22-11-9-19(10-12-22)17(3)24)16(2)23(21-15)13-18-7-5-4-6-8-18/h4-8,17,19,24H,9-14H2,1-3H3. The van der Waals surface area contributed by atoms with Crippen molar-refractivity contribution in [3.8, 4) is 0 Å². The first-order chi connectivity index (χ1) is 11.5. The smallest absolute Gasteiger partial charge is 0.0662 e. The molecule has 0 saturated carbocycles. The first kappa shape index (κ1) is 17.2. The molecule has 0 amide bonds. The van der Waals surface area contributed by atoms with Crippen LogP contribution >= 0.6 is 0 Å². The van der Waals surface area contributed by atoms with Crippen LogP contribution in [0.2, 0.25) is 0 Å². The Labute approximate surface area is 145 Å². The number of likely N-dealkylation sites (tertiary alicyclic amines) is 1. The summed E-state index contributed by atoms with van der Waals surface area (Å²) in [6, 6.07) is 10.5. The Morgan fingerprint density at radius 1 is 1.12 bits per heavy atom. The van der Waals surface area contributed by atoms with Gasteiger partial charge in [0, 0.05) is 17.8 Å². The van der Waals surface area contributed by atoms with Crippen molar-refractivity contribution < 1.29 is 5.11 Å². The first-order valence-electron chi connectivity index (χ1n) is 9.02. The summed E-state index contributed by atoms with van der Waals surface area (Å²) in [5, 5.41) is 14.5. The van der Waals surface area contributed by atoms with Crippen molar-refractivity contribution in [1.29, 1.82) is 0 Å². The fraction of sp³-hybridized carbons (Fsp3) is 0.550. The van der Waals surface area contributed by atoms with Crippen LogP contribution in [0.15, 0.2) is 30.3 Å². The number of aryl methyl sites for hydroxylation is 1. The lowest BCUT2D eigenvalue weighted by molar-refractivity contribution is 0.0694. The van der Waals surface area contributed by atoms with E-state index in [1.165, 1.54) is 16.8 Å². The molecule has 1 N–H and O–H groups in total. The van der Waals surface area contributed by atoms with Crippen molar-refractivity contribution in [3.05, 3.63) is 52.8 Å². The molecule has 130 valence electrons. The van der Waals surface area contributed by atoms with Gasteiger partial charge in [0.05, 0.1) is 18.3 Å². The second kappa shape index (κ2) is 7.49. The van der Waals surface area contributed by atoms with Gasteiger partial charge in [-0.15, -0.1) is 0 Å². The molecule has 24 heavy (non-hydrogen) atoms. The molecule has 1 saturated heterocycles. The van der Waals surface area contributed by atoms with E-state index in [9.17, 15) is 5.11 Å². The summed E-state index contributed by atoms with van der Waals surface area (Å²) in [5.41, 5.74) is 5.06. The number of benzene rings is 1. The SMILES string of the molecule is Cc1nn(Cc2ccccc2)c(C)c1CN1CCC(C(C)O)CC1. The molecule has 4 heteroatoms. The summed E-state index contributed by atoms with van der Waals surface area (Å²) in [6.07, 6.45) is 2.01. The Hall–Kier alpha value is -1.65. The van der Waals surface area contributed by atoms with Crippen LogP contribution in [0.3, 0.4) is 0 Å². The van der Waals surface area contributed by atoms with E-state index in [0.717, 1.165) is 44.7 Å². The molecule has 1 atom stereocenters. The second-order valence-corrected chi connectivity index (χ2v) is 7.15. The van der Waals surface area contributed by atoms with Gasteiger partial charge in [0.15, 0.2) is 0 Å². The zero-order valence-electron chi connectivity index (χ0n) is 15.1. The summed E-state index contributed by atoms with van der Waals surface area (Å²) in [6.45, 7) is 10.2. The lowest BCUT2D eigenvalue weighted by Crippen LogP contribution is -2.36. The first-order valence-corrected chi connectivity index (χ1v) is 9.02. The number of piperidine rings is 1. The molecule has 4 nitrogen and oxygen atoms in total. The molecule has 1 aliphatic heterocycles. The summed E-state index contributed by atoms with van der Waals surface area (Å²) in [7, 11) is 0. The average molecular weight is 327 g/mol. The molecule has 0 spiro atoms. The number of aliphatic hydroxyl groups excluding tert-OH is 1. The van der Waals surface area contributed by atoms with Crippen molar-refractivity contribution in [3.63, 3.8) is 0 Å². The number of hydrogen-bond acceptors (Lipinski definition) is 3. The van der Waals surface area contributed by atoms with Gasteiger partial charge in [-0.25, -0.2) is 0 Å². The normalized spacial score (nSPS) is 18.0. The number of rotatable bonds is 5. The Morgan fingerprint density at radius 2 is 1.79 bits per heavy atom. The molecule has 1 aromatic heterocycles. The molecule has 0 aliphatic carbocycles. The summed E-state index contributed by atoms with van der Waals surface area (Å²) < 4.78 is 2.13. The zero-order valence-corrected chi connectivity index (χ0v) is 15.1. The molecule has 1 fully saturated rings. The van der Waals surface area contributed by atoms with Gasteiger partial charge >= 0.3 is 0 Å². The van der Waals surface area contributed by atoms with Gasteiger partial charge < -0.3 is 5.11 Å². The van der Waals surface area contributed by atoms with Gasteiger partial charge in [-0.3, -0.25) is 9.58 Å². The third kappa shape index (κ3) is 3.87. The minimum atomic E-state index is -0.177. The van der Waals surface area contributed by atoms with Crippen LogP contribution in [-0.2, 0) is 13.1 Å². The largest absolute Gasteiger partial charge is 0.393 e. The topological polar surface area (TPSA) is 41.3 Å². The third-order valence-corrected chi connectivity index (χ3v) is 5.40. The monoisotopic (exact) mass is 327 g/mol. The van der Waals surface area contributed by atoms with Gasteiger partial charge in [0.2, 0.25) is 0 Å². The Bertz CT molecular complexity index is 655. The number of nitrogens with zero attached hydrogens (tertiary/aromatic N) is 3. The fourth-order valence-electron chi connectivity index (χ4n) is 3.69. The van der Waals surface area contributed by atoms with E-state index >= 15 is 0 Å². The Kier molecular flexibility index (Phi) is 5.36. The van der Waals surface area contributed by atoms with Crippen LogP contribution in [0.5, 0.6) is 0 Å². The van der Waals surface area contributed by atoms with Gasteiger partial charge in [-0.1, -0.05) is 30.3 Å². The highest BCUT2D eigenvalue weighted by atomic mass is 16.3. The summed E-state index contributed by atoms with van der Waals surface area (Å²) >= 11 is 0. The molecule has 0 radical (unpaired) electrons. The summed E-state index contributed by atoms with van der Waals surface area (Å²) in [5.74, 6) is 0.462.